The van der Waals surface area contributed by atoms with E-state index in [0.29, 0.717) is 0 Å². The van der Waals surface area contributed by atoms with Crippen molar-refractivity contribution in [2.45, 2.75) is 6.92 Å². The molecule has 2 aliphatic heterocycles. The Morgan fingerprint density at radius 3 is 2.55 bits per heavy atom. The fourth-order valence-electron chi connectivity index (χ4n) is 3.32. The third-order valence-corrected chi connectivity index (χ3v) is 4.74. The number of hydrogen-bond donors (Lipinski definition) is 1. The molecule has 2 heterocycles. The molecule has 0 aliphatic carbocycles. The molecular weight excluding hydrogens is 253 g/mol. The Morgan fingerprint density at radius 1 is 1.15 bits per heavy atom. The van der Waals surface area contributed by atoms with Crippen LogP contribution in [0.3, 0.4) is 0 Å². The van der Waals surface area contributed by atoms with Gasteiger partial charge in [-0.05, 0) is 37.1 Å². The van der Waals surface area contributed by atoms with Crippen molar-refractivity contribution in [2.24, 2.45) is 11.8 Å². The number of benzene rings is 1. The van der Waals surface area contributed by atoms with E-state index in [-0.39, 0.29) is 5.82 Å². The van der Waals surface area contributed by atoms with Crippen molar-refractivity contribution in [3.05, 3.63) is 30.1 Å². The van der Waals surface area contributed by atoms with Gasteiger partial charge in [0.25, 0.3) is 0 Å². The minimum Gasteiger partial charge on any atom is -0.367 e. The van der Waals surface area contributed by atoms with Crippen LogP contribution in [0.4, 0.5) is 10.1 Å². The lowest BCUT2D eigenvalue weighted by molar-refractivity contribution is 0.207. The fourth-order valence-corrected chi connectivity index (χ4v) is 3.32. The van der Waals surface area contributed by atoms with Gasteiger partial charge in [0.05, 0.1) is 5.69 Å². The van der Waals surface area contributed by atoms with E-state index in [1.807, 2.05) is 12.1 Å². The van der Waals surface area contributed by atoms with Crippen molar-refractivity contribution in [1.29, 1.82) is 0 Å². The topological polar surface area (TPSA) is 18.5 Å². The van der Waals surface area contributed by atoms with Gasteiger partial charge in [-0.15, -0.1) is 0 Å². The van der Waals surface area contributed by atoms with Gasteiger partial charge in [-0.3, -0.25) is 4.90 Å². The molecular formula is C16H24FN3. The van der Waals surface area contributed by atoms with Crippen LogP contribution in [-0.2, 0) is 0 Å². The first kappa shape index (κ1) is 13.8. The lowest BCUT2D eigenvalue weighted by Crippen LogP contribution is -2.48. The van der Waals surface area contributed by atoms with Crippen LogP contribution in [0.25, 0.3) is 0 Å². The highest BCUT2D eigenvalue weighted by molar-refractivity contribution is 5.47. The molecule has 1 aromatic carbocycles. The Bertz CT molecular complexity index is 443. The Hall–Kier alpha value is -1.13. The van der Waals surface area contributed by atoms with Crippen molar-refractivity contribution in [3.8, 4) is 0 Å². The maximum Gasteiger partial charge on any atom is 0.146 e. The number of piperazine rings is 1. The normalized spacial score (nSPS) is 28.0. The zero-order valence-corrected chi connectivity index (χ0v) is 12.2. The quantitative estimate of drug-likeness (QED) is 0.909. The second-order valence-electron chi connectivity index (χ2n) is 6.13. The van der Waals surface area contributed by atoms with E-state index in [4.69, 9.17) is 0 Å². The monoisotopic (exact) mass is 277 g/mol. The van der Waals surface area contributed by atoms with E-state index in [2.05, 4.69) is 22.0 Å². The molecule has 3 nitrogen and oxygen atoms in total. The molecule has 0 aromatic heterocycles. The number of halogens is 1. The van der Waals surface area contributed by atoms with Gasteiger partial charge in [-0.25, -0.2) is 4.39 Å². The summed E-state index contributed by atoms with van der Waals surface area (Å²) >= 11 is 0. The van der Waals surface area contributed by atoms with Crippen LogP contribution in [0.1, 0.15) is 6.92 Å². The molecule has 1 N–H and O–H groups in total. The third kappa shape index (κ3) is 2.96. The molecule has 0 amide bonds. The highest BCUT2D eigenvalue weighted by Crippen LogP contribution is 2.22. The SMILES string of the molecule is CC1CNCC1CN1CCN(c2ccccc2F)CC1. The molecule has 0 saturated carbocycles. The largest absolute Gasteiger partial charge is 0.367 e. The highest BCUT2D eigenvalue weighted by Gasteiger charge is 2.27. The molecule has 2 atom stereocenters. The lowest BCUT2D eigenvalue weighted by Gasteiger charge is -2.37. The summed E-state index contributed by atoms with van der Waals surface area (Å²) < 4.78 is 13.8. The molecule has 20 heavy (non-hydrogen) atoms. The number of hydrogen-bond acceptors (Lipinski definition) is 3. The standard InChI is InChI=1S/C16H24FN3/c1-13-10-18-11-14(13)12-19-6-8-20(9-7-19)16-5-3-2-4-15(16)17/h2-5,13-14,18H,6-12H2,1H3. The predicted molar refractivity (Wildman–Crippen MR) is 80.6 cm³/mol. The molecule has 0 radical (unpaired) electrons. The first-order valence-electron chi connectivity index (χ1n) is 7.66. The summed E-state index contributed by atoms with van der Waals surface area (Å²) in [5.41, 5.74) is 0.753. The minimum atomic E-state index is -0.102. The Kier molecular flexibility index (Phi) is 4.22. The van der Waals surface area contributed by atoms with Gasteiger partial charge in [-0.1, -0.05) is 19.1 Å². The van der Waals surface area contributed by atoms with Crippen LogP contribution in [-0.4, -0.2) is 50.7 Å². The van der Waals surface area contributed by atoms with Crippen LogP contribution >= 0.6 is 0 Å². The Balaban J connectivity index is 1.53. The summed E-state index contributed by atoms with van der Waals surface area (Å²) in [6.45, 7) is 9.74. The molecule has 4 heteroatoms. The van der Waals surface area contributed by atoms with E-state index in [1.165, 1.54) is 6.54 Å². The van der Waals surface area contributed by atoms with Gasteiger partial charge in [0, 0.05) is 32.7 Å². The summed E-state index contributed by atoms with van der Waals surface area (Å²) in [6, 6.07) is 7.10. The minimum absolute atomic E-state index is 0.102. The highest BCUT2D eigenvalue weighted by atomic mass is 19.1. The van der Waals surface area contributed by atoms with Gasteiger partial charge in [0.1, 0.15) is 5.82 Å². The van der Waals surface area contributed by atoms with Gasteiger partial charge in [0.2, 0.25) is 0 Å². The molecule has 3 rings (SSSR count). The Labute approximate surface area is 120 Å². The predicted octanol–water partition coefficient (Wildman–Crippen LogP) is 1.80. The third-order valence-electron chi connectivity index (χ3n) is 4.74. The summed E-state index contributed by atoms with van der Waals surface area (Å²) in [7, 11) is 0. The molecule has 2 fully saturated rings. The molecule has 0 bridgehead atoms. The zero-order chi connectivity index (χ0) is 13.9. The number of rotatable bonds is 3. The second kappa shape index (κ2) is 6.10. The number of nitrogens with one attached hydrogen (secondary N) is 1. The second-order valence-corrected chi connectivity index (χ2v) is 6.13. The van der Waals surface area contributed by atoms with Gasteiger partial charge >= 0.3 is 0 Å². The zero-order valence-electron chi connectivity index (χ0n) is 12.2. The van der Waals surface area contributed by atoms with Gasteiger partial charge < -0.3 is 10.2 Å². The van der Waals surface area contributed by atoms with Crippen LogP contribution in [0, 0.1) is 17.7 Å². The van der Waals surface area contributed by atoms with Crippen molar-refractivity contribution >= 4 is 5.69 Å². The average molecular weight is 277 g/mol. The molecule has 2 unspecified atom stereocenters. The van der Waals surface area contributed by atoms with Crippen molar-refractivity contribution in [2.75, 3.05) is 50.7 Å². The van der Waals surface area contributed by atoms with Crippen molar-refractivity contribution in [3.63, 3.8) is 0 Å². The molecule has 0 spiro atoms. The van der Waals surface area contributed by atoms with Gasteiger partial charge in [-0.2, -0.15) is 0 Å². The van der Waals surface area contributed by atoms with Crippen molar-refractivity contribution in [1.82, 2.24) is 10.2 Å². The number of nitrogens with zero attached hydrogens (tertiary/aromatic N) is 2. The van der Waals surface area contributed by atoms with Crippen LogP contribution in [0.15, 0.2) is 24.3 Å². The summed E-state index contributed by atoms with van der Waals surface area (Å²) in [5, 5.41) is 3.47. The molecule has 2 aliphatic rings. The first-order chi connectivity index (χ1) is 9.74. The number of anilines is 1. The van der Waals surface area contributed by atoms with Crippen LogP contribution in [0.5, 0.6) is 0 Å². The first-order valence-corrected chi connectivity index (χ1v) is 7.66. The van der Waals surface area contributed by atoms with Gasteiger partial charge in [0.15, 0.2) is 0 Å². The molecule has 110 valence electrons. The summed E-state index contributed by atoms with van der Waals surface area (Å²) in [4.78, 5) is 4.70. The maximum atomic E-state index is 13.8. The van der Waals surface area contributed by atoms with Crippen LogP contribution < -0.4 is 10.2 Å². The summed E-state index contributed by atoms with van der Waals surface area (Å²) in [5.74, 6) is 1.45. The van der Waals surface area contributed by atoms with Crippen molar-refractivity contribution < 1.29 is 4.39 Å². The molecule has 2 saturated heterocycles. The van der Waals surface area contributed by atoms with E-state index in [9.17, 15) is 4.39 Å². The van der Waals surface area contributed by atoms with Crippen LogP contribution in [0.2, 0.25) is 0 Å². The van der Waals surface area contributed by atoms with E-state index in [1.54, 1.807) is 12.1 Å². The van der Waals surface area contributed by atoms with E-state index in [0.717, 1.165) is 56.8 Å². The average Bonchev–Trinajstić information content (AvgIpc) is 2.86. The number of para-hydroxylation sites is 1. The Morgan fingerprint density at radius 2 is 1.90 bits per heavy atom. The van der Waals surface area contributed by atoms with E-state index < -0.39 is 0 Å². The molecule has 1 aromatic rings. The lowest BCUT2D eigenvalue weighted by atomic mass is 9.97. The fraction of sp³-hybridized carbons (Fsp3) is 0.625. The summed E-state index contributed by atoms with van der Waals surface area (Å²) in [6.07, 6.45) is 0. The van der Waals surface area contributed by atoms with E-state index >= 15 is 0 Å². The maximum absolute atomic E-state index is 13.8. The smallest absolute Gasteiger partial charge is 0.146 e.